The van der Waals surface area contributed by atoms with Crippen molar-refractivity contribution in [1.29, 1.82) is 0 Å². The fourth-order valence-electron chi connectivity index (χ4n) is 1.99. The quantitative estimate of drug-likeness (QED) is 0.826. The third-order valence-corrected chi connectivity index (χ3v) is 3.39. The Kier molecular flexibility index (Phi) is 4.47. The van der Waals surface area contributed by atoms with Crippen LogP contribution in [-0.2, 0) is 11.2 Å². The van der Waals surface area contributed by atoms with Crippen LogP contribution < -0.4 is 11.1 Å². The predicted octanol–water partition coefficient (Wildman–Crippen LogP) is 1.75. The number of nitrogens with two attached hydrogens (primary N) is 1. The molecule has 1 unspecified atom stereocenters. The van der Waals surface area contributed by atoms with Gasteiger partial charge in [-0.1, -0.05) is 0 Å². The molecule has 3 N–H and O–H groups in total. The topological polar surface area (TPSA) is 55.1 Å². The van der Waals surface area contributed by atoms with Crippen LogP contribution in [0.1, 0.15) is 24.8 Å². The van der Waals surface area contributed by atoms with Gasteiger partial charge in [0.2, 0.25) is 5.91 Å². The molecular formula is C14H18F2N2O. The van der Waals surface area contributed by atoms with Gasteiger partial charge < -0.3 is 11.1 Å². The number of hydrogen-bond acceptors (Lipinski definition) is 2. The molecule has 104 valence electrons. The Hall–Kier alpha value is -1.49. The second kappa shape index (κ2) is 6.10. The summed E-state index contributed by atoms with van der Waals surface area (Å²) in [6, 6.07) is 3.27. The minimum Gasteiger partial charge on any atom is -0.355 e. The van der Waals surface area contributed by atoms with E-state index in [9.17, 15) is 13.6 Å². The minimum absolute atomic E-state index is 0.00913. The zero-order chi connectivity index (χ0) is 13.8. The first kappa shape index (κ1) is 13.9. The molecule has 0 radical (unpaired) electrons. The van der Waals surface area contributed by atoms with Crippen molar-refractivity contribution in [2.24, 2.45) is 11.7 Å². The molecule has 19 heavy (non-hydrogen) atoms. The van der Waals surface area contributed by atoms with Gasteiger partial charge in [0.15, 0.2) is 0 Å². The molecule has 1 fully saturated rings. The van der Waals surface area contributed by atoms with Gasteiger partial charge in [0.1, 0.15) is 11.6 Å². The molecule has 0 aliphatic heterocycles. The van der Waals surface area contributed by atoms with E-state index in [4.69, 9.17) is 5.73 Å². The molecule has 1 atom stereocenters. The first-order valence-electron chi connectivity index (χ1n) is 6.52. The van der Waals surface area contributed by atoms with Crippen LogP contribution in [0.25, 0.3) is 0 Å². The van der Waals surface area contributed by atoms with Crippen molar-refractivity contribution in [3.05, 3.63) is 35.4 Å². The van der Waals surface area contributed by atoms with Crippen molar-refractivity contribution >= 4 is 5.91 Å². The van der Waals surface area contributed by atoms with E-state index in [0.29, 0.717) is 12.5 Å². The largest absolute Gasteiger partial charge is 0.355 e. The number of amides is 1. The molecule has 1 saturated carbocycles. The van der Waals surface area contributed by atoms with Gasteiger partial charge in [-0.05, 0) is 48.9 Å². The first-order chi connectivity index (χ1) is 9.06. The number of aryl methyl sites for hydroxylation is 1. The second-order valence-corrected chi connectivity index (χ2v) is 5.04. The van der Waals surface area contributed by atoms with Crippen molar-refractivity contribution in [3.63, 3.8) is 0 Å². The monoisotopic (exact) mass is 268 g/mol. The van der Waals surface area contributed by atoms with Crippen molar-refractivity contribution in [1.82, 2.24) is 5.32 Å². The molecule has 0 bridgehead atoms. The molecule has 0 spiro atoms. The molecule has 0 heterocycles. The van der Waals surface area contributed by atoms with Crippen LogP contribution in [0, 0.1) is 17.6 Å². The Bertz CT molecular complexity index is 461. The van der Waals surface area contributed by atoms with Crippen LogP contribution in [0.4, 0.5) is 8.78 Å². The van der Waals surface area contributed by atoms with E-state index in [1.807, 2.05) is 0 Å². The summed E-state index contributed by atoms with van der Waals surface area (Å²) < 4.78 is 26.3. The summed E-state index contributed by atoms with van der Waals surface area (Å²) in [4.78, 5) is 11.6. The summed E-state index contributed by atoms with van der Waals surface area (Å²) in [5.74, 6) is -0.628. The van der Waals surface area contributed by atoms with E-state index in [1.165, 1.54) is 0 Å². The van der Waals surface area contributed by atoms with Crippen LogP contribution >= 0.6 is 0 Å². The Labute approximate surface area is 111 Å². The molecule has 1 amide bonds. The van der Waals surface area contributed by atoms with Crippen molar-refractivity contribution < 1.29 is 13.6 Å². The highest BCUT2D eigenvalue weighted by Gasteiger charge is 2.28. The summed E-state index contributed by atoms with van der Waals surface area (Å²) >= 11 is 0. The van der Waals surface area contributed by atoms with E-state index in [-0.39, 0.29) is 30.4 Å². The zero-order valence-electron chi connectivity index (χ0n) is 10.7. The number of rotatable bonds is 6. The van der Waals surface area contributed by atoms with E-state index >= 15 is 0 Å². The summed E-state index contributed by atoms with van der Waals surface area (Å²) in [5.41, 5.74) is 6.08. The van der Waals surface area contributed by atoms with Crippen LogP contribution in [-0.4, -0.2) is 18.5 Å². The molecule has 1 aliphatic rings. The van der Waals surface area contributed by atoms with E-state index < -0.39 is 11.6 Å². The molecule has 0 saturated heterocycles. The third-order valence-electron chi connectivity index (χ3n) is 3.39. The lowest BCUT2D eigenvalue weighted by Gasteiger charge is -2.11. The molecule has 1 aromatic rings. The van der Waals surface area contributed by atoms with Crippen LogP contribution in [0.15, 0.2) is 18.2 Å². The van der Waals surface area contributed by atoms with Gasteiger partial charge in [-0.3, -0.25) is 4.79 Å². The summed E-state index contributed by atoms with van der Waals surface area (Å²) in [6.45, 7) is 0.454. The lowest BCUT2D eigenvalue weighted by molar-refractivity contribution is -0.121. The molecule has 3 nitrogen and oxygen atoms in total. The van der Waals surface area contributed by atoms with Gasteiger partial charge in [-0.2, -0.15) is 0 Å². The molecular weight excluding hydrogens is 250 g/mol. The van der Waals surface area contributed by atoms with Gasteiger partial charge >= 0.3 is 0 Å². The van der Waals surface area contributed by atoms with Gasteiger partial charge in [-0.15, -0.1) is 0 Å². The van der Waals surface area contributed by atoms with Crippen molar-refractivity contribution in [2.75, 3.05) is 6.54 Å². The smallest absolute Gasteiger partial charge is 0.220 e. The van der Waals surface area contributed by atoms with E-state index in [0.717, 1.165) is 31.0 Å². The molecule has 1 aliphatic carbocycles. The summed E-state index contributed by atoms with van der Waals surface area (Å²) in [7, 11) is 0. The maximum absolute atomic E-state index is 13.3. The van der Waals surface area contributed by atoms with Crippen LogP contribution in [0.5, 0.6) is 0 Å². The Morgan fingerprint density at radius 1 is 1.42 bits per heavy atom. The van der Waals surface area contributed by atoms with Crippen LogP contribution in [0.2, 0.25) is 0 Å². The standard InChI is InChI=1S/C14H18F2N2O/c15-11-4-5-12(16)10(7-11)3-6-14(19)18-8-13(17)9-1-2-9/h4-5,7,9,13H,1-3,6,8,17H2,(H,18,19). The highest BCUT2D eigenvalue weighted by molar-refractivity contribution is 5.76. The number of nitrogens with one attached hydrogen (secondary N) is 1. The number of benzene rings is 1. The molecule has 2 rings (SSSR count). The second-order valence-electron chi connectivity index (χ2n) is 5.04. The normalized spacial score (nSPS) is 16.2. The molecule has 5 heteroatoms. The van der Waals surface area contributed by atoms with Gasteiger partial charge in [0.05, 0.1) is 0 Å². The van der Waals surface area contributed by atoms with E-state index in [2.05, 4.69) is 5.32 Å². The average molecular weight is 268 g/mol. The SMILES string of the molecule is NC(CNC(=O)CCc1cc(F)ccc1F)C1CC1. The van der Waals surface area contributed by atoms with Crippen molar-refractivity contribution in [2.45, 2.75) is 31.7 Å². The maximum atomic E-state index is 13.3. The summed E-state index contributed by atoms with van der Waals surface area (Å²) in [5, 5.41) is 2.73. The molecule has 0 aromatic heterocycles. The van der Waals surface area contributed by atoms with Crippen LogP contribution in [0.3, 0.4) is 0 Å². The summed E-state index contributed by atoms with van der Waals surface area (Å²) in [6.07, 6.45) is 2.59. The van der Waals surface area contributed by atoms with E-state index in [1.54, 1.807) is 0 Å². The predicted molar refractivity (Wildman–Crippen MR) is 68.4 cm³/mol. The molecule has 1 aromatic carbocycles. The van der Waals surface area contributed by atoms with Gasteiger partial charge in [0, 0.05) is 19.0 Å². The Morgan fingerprint density at radius 3 is 2.84 bits per heavy atom. The van der Waals surface area contributed by atoms with Crippen molar-refractivity contribution in [3.8, 4) is 0 Å². The van der Waals surface area contributed by atoms with Gasteiger partial charge in [0.25, 0.3) is 0 Å². The number of carbonyl (C=O) groups excluding carboxylic acids is 1. The number of hydrogen-bond donors (Lipinski definition) is 2. The Balaban J connectivity index is 1.74. The number of carbonyl (C=O) groups is 1. The maximum Gasteiger partial charge on any atom is 0.220 e. The highest BCUT2D eigenvalue weighted by Crippen LogP contribution is 2.31. The highest BCUT2D eigenvalue weighted by atomic mass is 19.1. The lowest BCUT2D eigenvalue weighted by atomic mass is 10.1. The zero-order valence-corrected chi connectivity index (χ0v) is 10.7. The lowest BCUT2D eigenvalue weighted by Crippen LogP contribution is -2.38. The fourth-order valence-corrected chi connectivity index (χ4v) is 1.99. The minimum atomic E-state index is -0.493. The van der Waals surface area contributed by atoms with Gasteiger partial charge in [-0.25, -0.2) is 8.78 Å². The fraction of sp³-hybridized carbons (Fsp3) is 0.500. The first-order valence-corrected chi connectivity index (χ1v) is 6.52. The third kappa shape index (κ3) is 4.28. The number of halogens is 2. The average Bonchev–Trinajstić information content (AvgIpc) is 3.21. The Morgan fingerprint density at radius 2 is 2.16 bits per heavy atom.